The van der Waals surface area contributed by atoms with Crippen LogP contribution in [0.15, 0.2) is 71.6 Å². The number of methoxy groups -OCH3 is 1. The van der Waals surface area contributed by atoms with E-state index in [0.29, 0.717) is 34.9 Å². The third kappa shape index (κ3) is 6.48. The van der Waals surface area contributed by atoms with Crippen LogP contribution in [0.25, 0.3) is 0 Å². The van der Waals surface area contributed by atoms with Crippen molar-refractivity contribution in [3.63, 3.8) is 0 Å². The van der Waals surface area contributed by atoms with Gasteiger partial charge in [0.05, 0.1) is 24.5 Å². The molecule has 0 aliphatic heterocycles. The standard InChI is InChI=1S/C24H23N3O5S/c1-17-15-22(33(29,30)27-20-7-9-21(31-2)10-8-20)11-12-23(17)32-16-24(28)26-19-5-3-18(4-6-19)13-14-25/h3-12,15,27H,13,16H2,1-2H3,(H,26,28). The first-order chi connectivity index (χ1) is 15.8. The number of amides is 1. The molecule has 0 unspecified atom stereocenters. The summed E-state index contributed by atoms with van der Waals surface area (Å²) in [5.41, 5.74) is 2.43. The zero-order valence-electron chi connectivity index (χ0n) is 18.2. The summed E-state index contributed by atoms with van der Waals surface area (Å²) in [4.78, 5) is 12.3. The Labute approximate surface area is 192 Å². The normalized spacial score (nSPS) is 10.7. The van der Waals surface area contributed by atoms with Gasteiger partial charge < -0.3 is 14.8 Å². The number of aryl methyl sites for hydroxylation is 1. The average molecular weight is 466 g/mol. The Morgan fingerprint density at radius 1 is 1.00 bits per heavy atom. The van der Waals surface area contributed by atoms with Crippen molar-refractivity contribution in [1.82, 2.24) is 0 Å². The second-order valence-electron chi connectivity index (χ2n) is 7.13. The van der Waals surface area contributed by atoms with Crippen LogP contribution in [0.1, 0.15) is 11.1 Å². The summed E-state index contributed by atoms with van der Waals surface area (Å²) in [6, 6.07) is 20.0. The van der Waals surface area contributed by atoms with E-state index in [0.717, 1.165) is 5.56 Å². The number of benzene rings is 3. The summed E-state index contributed by atoms with van der Waals surface area (Å²) >= 11 is 0. The number of carbonyl (C=O) groups is 1. The molecule has 1 amide bonds. The molecule has 33 heavy (non-hydrogen) atoms. The maximum atomic E-state index is 12.7. The smallest absolute Gasteiger partial charge is 0.262 e. The van der Waals surface area contributed by atoms with E-state index in [-0.39, 0.29) is 17.4 Å². The lowest BCUT2D eigenvalue weighted by molar-refractivity contribution is -0.118. The molecular weight excluding hydrogens is 442 g/mol. The summed E-state index contributed by atoms with van der Waals surface area (Å²) in [5.74, 6) is 0.661. The number of carbonyl (C=O) groups excluding carboxylic acids is 1. The second kappa shape index (κ2) is 10.5. The van der Waals surface area contributed by atoms with E-state index in [1.165, 1.54) is 25.3 Å². The summed E-state index contributed by atoms with van der Waals surface area (Å²) in [6.07, 6.45) is 0.304. The van der Waals surface area contributed by atoms with Crippen LogP contribution in [0, 0.1) is 18.3 Å². The number of nitrogens with one attached hydrogen (secondary N) is 2. The van der Waals surface area contributed by atoms with Crippen molar-refractivity contribution < 1.29 is 22.7 Å². The summed E-state index contributed by atoms with van der Waals surface area (Å²) in [5, 5.41) is 11.4. The Bertz CT molecular complexity index is 1260. The minimum Gasteiger partial charge on any atom is -0.497 e. The van der Waals surface area contributed by atoms with Crippen molar-refractivity contribution in [2.45, 2.75) is 18.2 Å². The third-order valence-corrected chi connectivity index (χ3v) is 6.06. The lowest BCUT2D eigenvalue weighted by Crippen LogP contribution is -2.20. The lowest BCUT2D eigenvalue weighted by atomic mass is 10.1. The first kappa shape index (κ1) is 23.6. The predicted octanol–water partition coefficient (Wildman–Crippen LogP) is 3.89. The number of nitrogens with zero attached hydrogens (tertiary/aromatic N) is 1. The molecular formula is C24H23N3O5S. The molecule has 170 valence electrons. The van der Waals surface area contributed by atoms with E-state index in [4.69, 9.17) is 14.7 Å². The van der Waals surface area contributed by atoms with E-state index in [1.807, 2.05) is 0 Å². The fraction of sp³-hybridized carbons (Fsp3) is 0.167. The molecule has 0 bridgehead atoms. The second-order valence-corrected chi connectivity index (χ2v) is 8.81. The largest absolute Gasteiger partial charge is 0.497 e. The molecule has 0 aromatic heterocycles. The van der Waals surface area contributed by atoms with Gasteiger partial charge in [-0.2, -0.15) is 5.26 Å². The fourth-order valence-corrected chi connectivity index (χ4v) is 4.11. The summed E-state index contributed by atoms with van der Waals surface area (Å²) < 4.78 is 38.5. The van der Waals surface area contributed by atoms with Gasteiger partial charge in [-0.15, -0.1) is 0 Å². The van der Waals surface area contributed by atoms with Crippen LogP contribution >= 0.6 is 0 Å². The van der Waals surface area contributed by atoms with E-state index >= 15 is 0 Å². The average Bonchev–Trinajstić information content (AvgIpc) is 2.80. The van der Waals surface area contributed by atoms with Gasteiger partial charge >= 0.3 is 0 Å². The molecule has 3 rings (SSSR count). The molecule has 0 heterocycles. The molecule has 3 aromatic rings. The molecule has 0 atom stereocenters. The van der Waals surface area contributed by atoms with Gasteiger partial charge in [-0.25, -0.2) is 8.42 Å². The van der Waals surface area contributed by atoms with Crippen LogP contribution in [0.4, 0.5) is 11.4 Å². The van der Waals surface area contributed by atoms with Gasteiger partial charge in [0.15, 0.2) is 6.61 Å². The van der Waals surface area contributed by atoms with Gasteiger partial charge in [0.1, 0.15) is 11.5 Å². The molecule has 2 N–H and O–H groups in total. The number of hydrogen-bond donors (Lipinski definition) is 2. The molecule has 0 saturated heterocycles. The van der Waals surface area contributed by atoms with Gasteiger partial charge in [-0.3, -0.25) is 9.52 Å². The number of sulfonamides is 1. The Kier molecular flexibility index (Phi) is 7.53. The minimum atomic E-state index is -3.80. The zero-order chi connectivity index (χ0) is 23.8. The van der Waals surface area contributed by atoms with Crippen LogP contribution in [0.5, 0.6) is 11.5 Å². The number of nitriles is 1. The molecule has 0 fully saturated rings. The number of ether oxygens (including phenoxy) is 2. The molecule has 9 heteroatoms. The van der Waals surface area contributed by atoms with E-state index in [9.17, 15) is 13.2 Å². The van der Waals surface area contributed by atoms with Gasteiger partial charge in [-0.05, 0) is 72.6 Å². The highest BCUT2D eigenvalue weighted by Crippen LogP contribution is 2.24. The number of hydrogen-bond acceptors (Lipinski definition) is 6. The zero-order valence-corrected chi connectivity index (χ0v) is 19.0. The van der Waals surface area contributed by atoms with E-state index in [2.05, 4.69) is 16.1 Å². The van der Waals surface area contributed by atoms with Gasteiger partial charge in [-0.1, -0.05) is 12.1 Å². The first-order valence-electron chi connectivity index (χ1n) is 9.97. The Balaban J connectivity index is 1.60. The van der Waals surface area contributed by atoms with Crippen molar-refractivity contribution in [3.05, 3.63) is 77.9 Å². The van der Waals surface area contributed by atoms with Crippen LogP contribution in [0.3, 0.4) is 0 Å². The van der Waals surface area contributed by atoms with Crippen LogP contribution in [0.2, 0.25) is 0 Å². The van der Waals surface area contributed by atoms with E-state index in [1.54, 1.807) is 55.5 Å². The molecule has 3 aromatic carbocycles. The summed E-state index contributed by atoms with van der Waals surface area (Å²) in [6.45, 7) is 1.46. The maximum absolute atomic E-state index is 12.7. The van der Waals surface area contributed by atoms with Crippen molar-refractivity contribution >= 4 is 27.3 Å². The molecule has 0 radical (unpaired) electrons. The molecule has 0 aliphatic rings. The third-order valence-electron chi connectivity index (χ3n) is 4.68. The molecule has 0 saturated carbocycles. The summed E-state index contributed by atoms with van der Waals surface area (Å²) in [7, 11) is -2.27. The minimum absolute atomic E-state index is 0.0741. The SMILES string of the molecule is COc1ccc(NS(=O)(=O)c2ccc(OCC(=O)Nc3ccc(CC#N)cc3)c(C)c2)cc1. The van der Waals surface area contributed by atoms with E-state index < -0.39 is 10.0 Å². The Morgan fingerprint density at radius 3 is 2.27 bits per heavy atom. The quantitative estimate of drug-likeness (QED) is 0.495. The number of anilines is 2. The highest BCUT2D eigenvalue weighted by Gasteiger charge is 2.16. The highest BCUT2D eigenvalue weighted by molar-refractivity contribution is 7.92. The molecule has 0 aliphatic carbocycles. The Hall–Kier alpha value is -4.03. The molecule has 8 nitrogen and oxygen atoms in total. The van der Waals surface area contributed by atoms with Crippen LogP contribution in [-0.4, -0.2) is 28.0 Å². The van der Waals surface area contributed by atoms with Crippen molar-refractivity contribution in [3.8, 4) is 17.6 Å². The monoisotopic (exact) mass is 465 g/mol. The fourth-order valence-electron chi connectivity index (χ4n) is 2.96. The Morgan fingerprint density at radius 2 is 1.67 bits per heavy atom. The molecule has 0 spiro atoms. The van der Waals surface area contributed by atoms with Gasteiger partial charge in [0, 0.05) is 11.4 Å². The number of rotatable bonds is 9. The lowest BCUT2D eigenvalue weighted by Gasteiger charge is -2.13. The van der Waals surface area contributed by atoms with Gasteiger partial charge in [0.2, 0.25) is 0 Å². The van der Waals surface area contributed by atoms with Crippen molar-refractivity contribution in [2.75, 3.05) is 23.8 Å². The van der Waals surface area contributed by atoms with Crippen molar-refractivity contribution in [1.29, 1.82) is 5.26 Å². The first-order valence-corrected chi connectivity index (χ1v) is 11.4. The van der Waals surface area contributed by atoms with Crippen molar-refractivity contribution in [2.24, 2.45) is 0 Å². The maximum Gasteiger partial charge on any atom is 0.262 e. The van der Waals surface area contributed by atoms with Crippen LogP contribution in [-0.2, 0) is 21.2 Å². The van der Waals surface area contributed by atoms with Gasteiger partial charge in [0.25, 0.3) is 15.9 Å². The topological polar surface area (TPSA) is 118 Å². The van der Waals surface area contributed by atoms with Crippen LogP contribution < -0.4 is 19.5 Å². The predicted molar refractivity (Wildman–Crippen MR) is 125 cm³/mol. The highest BCUT2D eigenvalue weighted by atomic mass is 32.2.